The fourth-order valence-electron chi connectivity index (χ4n) is 6.48. The van der Waals surface area contributed by atoms with E-state index in [1.54, 1.807) is 0 Å². The third-order valence-electron chi connectivity index (χ3n) is 10.5. The molecule has 67 heavy (non-hydrogen) atoms. The summed E-state index contributed by atoms with van der Waals surface area (Å²) < 4.78 is 22.7. The number of hydrogen-bond donors (Lipinski definition) is 1. The molecule has 0 rings (SSSR count). The molecule has 1 N–H and O–H groups in total. The van der Waals surface area contributed by atoms with Crippen molar-refractivity contribution in [2.45, 2.75) is 193 Å². The molecule has 0 aromatic carbocycles. The normalized spacial score (nSPS) is 13.7. The first-order valence-corrected chi connectivity index (χ1v) is 26.1. The van der Waals surface area contributed by atoms with Crippen molar-refractivity contribution >= 4 is 17.9 Å². The van der Waals surface area contributed by atoms with Crippen molar-refractivity contribution < 1.29 is 42.9 Å². The van der Waals surface area contributed by atoms with Crippen molar-refractivity contribution in [3.8, 4) is 0 Å². The van der Waals surface area contributed by atoms with Gasteiger partial charge in [0.25, 0.3) is 6.29 Å². The van der Waals surface area contributed by atoms with E-state index < -0.39 is 24.3 Å². The Morgan fingerprint density at radius 2 is 0.851 bits per heavy atom. The number of esters is 2. The maximum Gasteiger partial charge on any atom is 0.361 e. The van der Waals surface area contributed by atoms with E-state index in [-0.39, 0.29) is 38.6 Å². The highest BCUT2D eigenvalue weighted by atomic mass is 16.7. The molecule has 0 aromatic rings. The Morgan fingerprint density at radius 3 is 1.28 bits per heavy atom. The number of quaternary nitrogens is 1. The first-order valence-electron chi connectivity index (χ1n) is 26.1. The fourth-order valence-corrected chi connectivity index (χ4v) is 6.48. The molecule has 0 spiro atoms. The van der Waals surface area contributed by atoms with Crippen molar-refractivity contribution in [3.63, 3.8) is 0 Å². The van der Waals surface area contributed by atoms with Gasteiger partial charge in [-0.3, -0.25) is 9.59 Å². The molecular weight excluding hydrogens is 839 g/mol. The summed E-state index contributed by atoms with van der Waals surface area (Å²) in [5.41, 5.74) is 0. The van der Waals surface area contributed by atoms with Crippen molar-refractivity contribution in [1.29, 1.82) is 0 Å². The van der Waals surface area contributed by atoms with E-state index >= 15 is 0 Å². The Labute approximate surface area is 409 Å². The molecule has 9 nitrogen and oxygen atoms in total. The predicted molar refractivity (Wildman–Crippen MR) is 281 cm³/mol. The quantitative estimate of drug-likeness (QED) is 0.0211. The van der Waals surface area contributed by atoms with Gasteiger partial charge >= 0.3 is 17.9 Å². The lowest BCUT2D eigenvalue weighted by molar-refractivity contribution is -0.870. The number of nitrogens with zero attached hydrogens (tertiary/aromatic N) is 1. The van der Waals surface area contributed by atoms with Crippen molar-refractivity contribution in [3.05, 3.63) is 109 Å². The highest BCUT2D eigenvalue weighted by molar-refractivity contribution is 5.71. The van der Waals surface area contributed by atoms with E-state index in [1.807, 2.05) is 21.1 Å². The zero-order chi connectivity index (χ0) is 49.2. The number of likely N-dealkylation sites (N-methyl/N-ethyl adjacent to an activating group) is 1. The molecule has 0 heterocycles. The summed E-state index contributed by atoms with van der Waals surface area (Å²) in [5, 5.41) is 9.65. The zero-order valence-corrected chi connectivity index (χ0v) is 43.0. The van der Waals surface area contributed by atoms with Gasteiger partial charge in [-0.15, -0.1) is 0 Å². The van der Waals surface area contributed by atoms with Gasteiger partial charge in [-0.2, -0.15) is 0 Å². The van der Waals surface area contributed by atoms with Gasteiger partial charge in [0.2, 0.25) is 0 Å². The standard InChI is InChI=1S/C58H95NO8/c1-6-8-10-12-14-16-18-19-20-21-22-23-24-25-26-27-28-29-30-31-32-33-34-35-36-37-39-41-43-45-47-49-56(61)67-54(53-66-58(57(62)63)64-51-50-59(3,4)5)52-65-55(60)48-46-44-42-40-38-17-15-13-11-9-7-2/h8,10,13-16,19-20,22-23,25-26,28-29,31-32,34-35,54,58H,6-7,9,11-12,17-18,21,24,27,30,33,36-53H2,1-5H3/p+1/b10-8-,15-13-,16-14-,20-19-,23-22-,26-25-,29-28-,32-31-,35-34-. The van der Waals surface area contributed by atoms with Gasteiger partial charge in [0.15, 0.2) is 6.10 Å². The lowest BCUT2D eigenvalue weighted by Crippen LogP contribution is -2.40. The summed E-state index contributed by atoms with van der Waals surface area (Å²) in [7, 11) is 5.94. The van der Waals surface area contributed by atoms with E-state index in [4.69, 9.17) is 18.9 Å². The minimum atomic E-state index is -1.52. The lowest BCUT2D eigenvalue weighted by atomic mass is 10.1. The first kappa shape index (κ1) is 63.0. The molecule has 0 bridgehead atoms. The number of aliphatic carboxylic acids is 1. The molecule has 0 aliphatic heterocycles. The SMILES string of the molecule is CC/C=C\C/C=C\C/C=C\C/C=C\C/C=C\C/C=C\C/C=C\C/C=C\CCCCCCCCC(=O)OC(COC(=O)CCCCCCC/C=C\CCCC)COC(OCC[N+](C)(C)C)C(=O)O. The highest BCUT2D eigenvalue weighted by Gasteiger charge is 2.25. The number of carboxylic acids is 1. The number of carbonyl (C=O) groups excluding carboxylic acids is 2. The lowest BCUT2D eigenvalue weighted by Gasteiger charge is -2.25. The van der Waals surface area contributed by atoms with Crippen LogP contribution in [0.1, 0.15) is 181 Å². The molecule has 0 aliphatic carbocycles. The number of unbranched alkanes of at least 4 members (excludes halogenated alkanes) is 13. The van der Waals surface area contributed by atoms with Crippen molar-refractivity contribution in [2.75, 3.05) is 47.5 Å². The molecule has 2 atom stereocenters. The van der Waals surface area contributed by atoms with Crippen LogP contribution in [0.2, 0.25) is 0 Å². The predicted octanol–water partition coefficient (Wildman–Crippen LogP) is 14.8. The number of rotatable bonds is 46. The van der Waals surface area contributed by atoms with Gasteiger partial charge in [-0.1, -0.05) is 181 Å². The maximum absolute atomic E-state index is 12.8. The van der Waals surface area contributed by atoms with Gasteiger partial charge in [-0.25, -0.2) is 4.79 Å². The van der Waals surface area contributed by atoms with Crippen LogP contribution in [0.5, 0.6) is 0 Å². The van der Waals surface area contributed by atoms with Crippen LogP contribution >= 0.6 is 0 Å². The topological polar surface area (TPSA) is 108 Å². The van der Waals surface area contributed by atoms with Gasteiger partial charge in [0, 0.05) is 12.8 Å². The largest absolute Gasteiger partial charge is 0.477 e. The minimum Gasteiger partial charge on any atom is -0.477 e. The van der Waals surface area contributed by atoms with Gasteiger partial charge in [0.05, 0.1) is 34.4 Å². The second-order valence-electron chi connectivity index (χ2n) is 18.1. The molecular formula is C58H96NO8+. The number of allylic oxidation sites excluding steroid dienone is 18. The van der Waals surface area contributed by atoms with Crippen molar-refractivity contribution in [1.82, 2.24) is 0 Å². The van der Waals surface area contributed by atoms with E-state index in [9.17, 15) is 19.5 Å². The molecule has 380 valence electrons. The van der Waals surface area contributed by atoms with Crippen LogP contribution in [0, 0.1) is 0 Å². The monoisotopic (exact) mass is 935 g/mol. The minimum absolute atomic E-state index is 0.177. The van der Waals surface area contributed by atoms with E-state index in [1.165, 1.54) is 12.8 Å². The summed E-state index contributed by atoms with van der Waals surface area (Å²) in [4.78, 5) is 37.2. The summed E-state index contributed by atoms with van der Waals surface area (Å²) in [6.07, 6.45) is 63.1. The van der Waals surface area contributed by atoms with Crippen LogP contribution < -0.4 is 0 Å². The highest BCUT2D eigenvalue weighted by Crippen LogP contribution is 2.13. The first-order chi connectivity index (χ1) is 32.6. The van der Waals surface area contributed by atoms with Gasteiger partial charge in [-0.05, 0) is 96.3 Å². The third kappa shape index (κ3) is 49.7. The Balaban J connectivity index is 4.30. The Bertz CT molecular complexity index is 1460. The Kier molecular flexibility index (Phi) is 45.5. The molecule has 0 amide bonds. The molecule has 0 aliphatic rings. The maximum atomic E-state index is 12.8. The van der Waals surface area contributed by atoms with Crippen LogP contribution in [0.4, 0.5) is 0 Å². The summed E-state index contributed by atoms with van der Waals surface area (Å²) >= 11 is 0. The molecule has 9 heteroatoms. The van der Waals surface area contributed by atoms with E-state index in [0.717, 1.165) is 135 Å². The van der Waals surface area contributed by atoms with Crippen LogP contribution in [0.15, 0.2) is 109 Å². The Morgan fingerprint density at radius 1 is 0.463 bits per heavy atom. The number of hydrogen-bond acceptors (Lipinski definition) is 7. The van der Waals surface area contributed by atoms with Gasteiger partial charge < -0.3 is 28.5 Å². The Hall–Kier alpha value is -4.05. The van der Waals surface area contributed by atoms with Crippen molar-refractivity contribution in [2.24, 2.45) is 0 Å². The van der Waals surface area contributed by atoms with E-state index in [2.05, 4.69) is 123 Å². The van der Waals surface area contributed by atoms with Gasteiger partial charge in [0.1, 0.15) is 13.2 Å². The van der Waals surface area contributed by atoms with Crippen LogP contribution in [0.3, 0.4) is 0 Å². The summed E-state index contributed by atoms with van der Waals surface area (Å²) in [5.74, 6) is -2.05. The average Bonchev–Trinajstić information content (AvgIpc) is 3.29. The molecule has 2 unspecified atom stereocenters. The van der Waals surface area contributed by atoms with Crippen LogP contribution in [-0.2, 0) is 33.3 Å². The molecule has 0 saturated heterocycles. The second-order valence-corrected chi connectivity index (χ2v) is 18.1. The molecule has 0 radical (unpaired) electrons. The smallest absolute Gasteiger partial charge is 0.361 e. The second kappa shape index (κ2) is 48.4. The fraction of sp³-hybridized carbons (Fsp3) is 0.638. The molecule has 0 saturated carbocycles. The summed E-state index contributed by atoms with van der Waals surface area (Å²) in [6.45, 7) is 4.66. The van der Waals surface area contributed by atoms with E-state index in [0.29, 0.717) is 17.4 Å². The third-order valence-corrected chi connectivity index (χ3v) is 10.5. The van der Waals surface area contributed by atoms with Crippen LogP contribution in [-0.4, -0.2) is 87.4 Å². The number of carboxylic acid groups (broad SMARTS) is 1. The average molecular weight is 935 g/mol. The number of ether oxygens (including phenoxy) is 4. The molecule has 0 aromatic heterocycles. The van der Waals surface area contributed by atoms with Crippen LogP contribution in [0.25, 0.3) is 0 Å². The zero-order valence-electron chi connectivity index (χ0n) is 43.0. The number of carbonyl (C=O) groups is 3. The summed E-state index contributed by atoms with van der Waals surface area (Å²) in [6, 6.07) is 0. The molecule has 0 fully saturated rings.